The van der Waals surface area contributed by atoms with E-state index < -0.39 is 0 Å². The fraction of sp³-hybridized carbons (Fsp3) is 0.200. The molecule has 0 aliphatic rings. The molecule has 1 amide bonds. The lowest BCUT2D eigenvalue weighted by Gasteiger charge is -2.07. The first-order chi connectivity index (χ1) is 10.7. The van der Waals surface area contributed by atoms with Crippen molar-refractivity contribution in [3.63, 3.8) is 0 Å². The van der Waals surface area contributed by atoms with Gasteiger partial charge in [0.25, 0.3) is 11.5 Å². The molecule has 112 valence electrons. The molecule has 0 aliphatic carbocycles. The second kappa shape index (κ2) is 5.80. The molecule has 0 aliphatic heterocycles. The summed E-state index contributed by atoms with van der Waals surface area (Å²) < 4.78 is 2.99. The van der Waals surface area contributed by atoms with Crippen LogP contribution < -0.4 is 10.9 Å². The number of benzene rings is 1. The minimum atomic E-state index is -0.210. The Labute approximate surface area is 126 Å². The SMILES string of the molecule is Cn1cccc1C(=O)NCCn1nnc2ccccc2c1=O. The maximum absolute atomic E-state index is 12.2. The van der Waals surface area contributed by atoms with E-state index in [4.69, 9.17) is 0 Å². The third-order valence-corrected chi connectivity index (χ3v) is 3.41. The average Bonchev–Trinajstić information content (AvgIpc) is 2.96. The molecule has 2 aromatic heterocycles. The largest absolute Gasteiger partial charge is 0.349 e. The number of fused-ring (bicyclic) bond motifs is 1. The average molecular weight is 297 g/mol. The van der Waals surface area contributed by atoms with Crippen LogP contribution in [0.1, 0.15) is 10.5 Å². The molecule has 3 rings (SSSR count). The monoisotopic (exact) mass is 297 g/mol. The van der Waals surface area contributed by atoms with Gasteiger partial charge in [-0.3, -0.25) is 9.59 Å². The number of amides is 1. The number of hydrogen-bond donors (Lipinski definition) is 1. The van der Waals surface area contributed by atoms with Gasteiger partial charge in [0.1, 0.15) is 11.2 Å². The summed E-state index contributed by atoms with van der Waals surface area (Å²) in [6, 6.07) is 10.6. The van der Waals surface area contributed by atoms with Crippen LogP contribution in [-0.4, -0.2) is 32.0 Å². The van der Waals surface area contributed by atoms with Crippen molar-refractivity contribution in [2.24, 2.45) is 7.05 Å². The van der Waals surface area contributed by atoms with E-state index >= 15 is 0 Å². The van der Waals surface area contributed by atoms with E-state index in [-0.39, 0.29) is 18.0 Å². The molecule has 0 spiro atoms. The van der Waals surface area contributed by atoms with E-state index in [9.17, 15) is 9.59 Å². The zero-order valence-corrected chi connectivity index (χ0v) is 12.1. The number of aryl methyl sites for hydroxylation is 1. The van der Waals surface area contributed by atoms with Gasteiger partial charge in [-0.1, -0.05) is 17.3 Å². The molecule has 22 heavy (non-hydrogen) atoms. The first kappa shape index (κ1) is 14.0. The Kier molecular flexibility index (Phi) is 3.69. The van der Waals surface area contributed by atoms with E-state index in [1.54, 1.807) is 54.2 Å². The smallest absolute Gasteiger partial charge is 0.277 e. The molecule has 1 N–H and O–H groups in total. The quantitative estimate of drug-likeness (QED) is 0.763. The molecule has 0 saturated heterocycles. The maximum Gasteiger partial charge on any atom is 0.277 e. The summed E-state index contributed by atoms with van der Waals surface area (Å²) in [4.78, 5) is 24.2. The predicted molar refractivity (Wildman–Crippen MR) is 81.5 cm³/mol. The minimum absolute atomic E-state index is 0.186. The molecule has 0 radical (unpaired) electrons. The second-order valence-corrected chi connectivity index (χ2v) is 4.90. The molecule has 0 fully saturated rings. The van der Waals surface area contributed by atoms with Crippen LogP contribution in [0.3, 0.4) is 0 Å². The predicted octanol–water partition coefficient (Wildman–Crippen LogP) is 0.560. The summed E-state index contributed by atoms with van der Waals surface area (Å²) in [6.45, 7) is 0.573. The van der Waals surface area contributed by atoms with E-state index in [0.29, 0.717) is 23.1 Å². The van der Waals surface area contributed by atoms with Crippen molar-refractivity contribution in [1.29, 1.82) is 0 Å². The van der Waals surface area contributed by atoms with Crippen molar-refractivity contribution in [3.8, 4) is 0 Å². The summed E-state index contributed by atoms with van der Waals surface area (Å²) in [7, 11) is 1.80. The Morgan fingerprint density at radius 1 is 1.23 bits per heavy atom. The molecular formula is C15H15N5O2. The Bertz CT molecular complexity index is 881. The van der Waals surface area contributed by atoms with Crippen LogP contribution in [0.4, 0.5) is 0 Å². The van der Waals surface area contributed by atoms with Gasteiger partial charge < -0.3 is 9.88 Å². The Balaban J connectivity index is 1.70. The van der Waals surface area contributed by atoms with Gasteiger partial charge in [0.05, 0.1) is 11.9 Å². The number of aromatic nitrogens is 4. The molecule has 3 aromatic rings. The van der Waals surface area contributed by atoms with E-state index in [1.807, 2.05) is 0 Å². The van der Waals surface area contributed by atoms with Gasteiger partial charge in [0.2, 0.25) is 0 Å². The zero-order valence-electron chi connectivity index (χ0n) is 12.1. The van der Waals surface area contributed by atoms with Crippen molar-refractivity contribution in [3.05, 3.63) is 58.6 Å². The van der Waals surface area contributed by atoms with E-state index in [1.165, 1.54) is 4.68 Å². The lowest BCUT2D eigenvalue weighted by atomic mass is 10.2. The van der Waals surface area contributed by atoms with Gasteiger partial charge in [-0.15, -0.1) is 5.10 Å². The summed E-state index contributed by atoms with van der Waals surface area (Å²) in [6.07, 6.45) is 1.80. The minimum Gasteiger partial charge on any atom is -0.349 e. The van der Waals surface area contributed by atoms with Crippen molar-refractivity contribution in [2.45, 2.75) is 6.54 Å². The van der Waals surface area contributed by atoms with Crippen LogP contribution in [0, 0.1) is 0 Å². The number of nitrogens with zero attached hydrogens (tertiary/aromatic N) is 4. The number of hydrogen-bond acceptors (Lipinski definition) is 4. The Morgan fingerprint density at radius 3 is 2.82 bits per heavy atom. The topological polar surface area (TPSA) is 81.8 Å². The Hall–Kier alpha value is -2.96. The highest BCUT2D eigenvalue weighted by Crippen LogP contribution is 2.03. The number of nitrogens with one attached hydrogen (secondary N) is 1. The molecule has 1 aromatic carbocycles. The molecule has 2 heterocycles. The lowest BCUT2D eigenvalue weighted by Crippen LogP contribution is -2.33. The third kappa shape index (κ3) is 2.60. The van der Waals surface area contributed by atoms with Crippen molar-refractivity contribution in [1.82, 2.24) is 24.9 Å². The second-order valence-electron chi connectivity index (χ2n) is 4.90. The highest BCUT2D eigenvalue weighted by molar-refractivity contribution is 5.92. The molecular weight excluding hydrogens is 282 g/mol. The summed E-state index contributed by atoms with van der Waals surface area (Å²) in [5.74, 6) is -0.186. The van der Waals surface area contributed by atoms with Crippen molar-refractivity contribution >= 4 is 16.8 Å². The van der Waals surface area contributed by atoms with Gasteiger partial charge >= 0.3 is 0 Å². The van der Waals surface area contributed by atoms with Gasteiger partial charge in [0, 0.05) is 19.8 Å². The summed E-state index contributed by atoms with van der Waals surface area (Å²) in [5.41, 5.74) is 0.923. The maximum atomic E-state index is 12.2. The number of carbonyl (C=O) groups excluding carboxylic acids is 1. The normalized spacial score (nSPS) is 10.8. The fourth-order valence-corrected chi connectivity index (χ4v) is 2.23. The van der Waals surface area contributed by atoms with Crippen molar-refractivity contribution < 1.29 is 4.79 Å². The van der Waals surface area contributed by atoms with Crippen LogP contribution in [0.2, 0.25) is 0 Å². The van der Waals surface area contributed by atoms with Crippen LogP contribution in [0.5, 0.6) is 0 Å². The van der Waals surface area contributed by atoms with Gasteiger partial charge in [-0.05, 0) is 24.3 Å². The fourth-order valence-electron chi connectivity index (χ4n) is 2.23. The van der Waals surface area contributed by atoms with Crippen LogP contribution in [0.15, 0.2) is 47.4 Å². The van der Waals surface area contributed by atoms with Gasteiger partial charge in [-0.25, -0.2) is 4.68 Å². The molecule has 7 nitrogen and oxygen atoms in total. The summed E-state index contributed by atoms with van der Waals surface area (Å²) >= 11 is 0. The highest BCUT2D eigenvalue weighted by Gasteiger charge is 2.09. The number of rotatable bonds is 4. The zero-order chi connectivity index (χ0) is 15.5. The molecule has 7 heteroatoms. The molecule has 0 bridgehead atoms. The molecule has 0 unspecified atom stereocenters. The van der Waals surface area contributed by atoms with E-state index in [2.05, 4.69) is 15.6 Å². The number of carbonyl (C=O) groups is 1. The van der Waals surface area contributed by atoms with Crippen molar-refractivity contribution in [2.75, 3.05) is 6.54 Å². The first-order valence-corrected chi connectivity index (χ1v) is 6.89. The Morgan fingerprint density at radius 2 is 2.05 bits per heavy atom. The van der Waals surface area contributed by atoms with Gasteiger partial charge in [0.15, 0.2) is 0 Å². The van der Waals surface area contributed by atoms with Gasteiger partial charge in [-0.2, -0.15) is 0 Å². The first-order valence-electron chi connectivity index (χ1n) is 6.89. The standard InChI is InChI=1S/C15H15N5O2/c1-19-9-4-7-13(19)14(21)16-8-10-20-15(22)11-5-2-3-6-12(11)17-18-20/h2-7,9H,8,10H2,1H3,(H,16,21). The van der Waals surface area contributed by atoms with Crippen LogP contribution >= 0.6 is 0 Å². The highest BCUT2D eigenvalue weighted by atomic mass is 16.2. The lowest BCUT2D eigenvalue weighted by molar-refractivity contribution is 0.0943. The third-order valence-electron chi connectivity index (χ3n) is 3.41. The van der Waals surface area contributed by atoms with Crippen LogP contribution in [0.25, 0.3) is 10.9 Å². The summed E-state index contributed by atoms with van der Waals surface area (Å²) in [5, 5.41) is 11.2. The molecule has 0 atom stereocenters. The van der Waals surface area contributed by atoms with Crippen LogP contribution in [-0.2, 0) is 13.6 Å². The molecule has 0 saturated carbocycles. The van der Waals surface area contributed by atoms with E-state index in [0.717, 1.165) is 0 Å².